The smallest absolute Gasteiger partial charge is 0.194 e. The van der Waals surface area contributed by atoms with Crippen molar-refractivity contribution in [3.05, 3.63) is 22.5 Å². The van der Waals surface area contributed by atoms with Crippen molar-refractivity contribution in [3.63, 3.8) is 0 Å². The zero-order valence-electron chi connectivity index (χ0n) is 7.16. The Morgan fingerprint density at radius 1 is 1.58 bits per heavy atom. The third kappa shape index (κ3) is 0.956. The van der Waals surface area contributed by atoms with E-state index in [9.17, 15) is 0 Å². The first-order valence-electron chi connectivity index (χ1n) is 3.86. The molecule has 0 radical (unpaired) electrons. The van der Waals surface area contributed by atoms with E-state index in [1.807, 2.05) is 6.92 Å². The number of nitrogens with two attached hydrogens (primary N) is 1. The number of thiazole rings is 1. The second-order valence-electron chi connectivity index (χ2n) is 2.84. The standard InChI is InChI=1S/C8H11N3S/c1-5-4-11-7(3-9)6(2)10-8(11)12-5/h4H,3,9H2,1-2H3. The molecular weight excluding hydrogens is 170 g/mol. The van der Waals surface area contributed by atoms with Crippen LogP contribution in [0.1, 0.15) is 16.3 Å². The average molecular weight is 181 g/mol. The van der Waals surface area contributed by atoms with Crippen LogP contribution >= 0.6 is 11.3 Å². The molecule has 0 bridgehead atoms. The van der Waals surface area contributed by atoms with E-state index >= 15 is 0 Å². The summed E-state index contributed by atoms with van der Waals surface area (Å²) in [5.41, 5.74) is 7.78. The first kappa shape index (κ1) is 7.76. The fraction of sp³-hybridized carbons (Fsp3) is 0.375. The third-order valence-corrected chi connectivity index (χ3v) is 2.83. The lowest BCUT2D eigenvalue weighted by Gasteiger charge is -1.93. The highest BCUT2D eigenvalue weighted by Crippen LogP contribution is 2.19. The Morgan fingerprint density at radius 2 is 2.33 bits per heavy atom. The molecule has 2 N–H and O–H groups in total. The maximum absolute atomic E-state index is 5.61. The van der Waals surface area contributed by atoms with Gasteiger partial charge in [0.1, 0.15) is 0 Å². The minimum Gasteiger partial charge on any atom is -0.325 e. The molecule has 0 atom stereocenters. The predicted octanol–water partition coefficient (Wildman–Crippen LogP) is 1.47. The Kier molecular flexibility index (Phi) is 1.66. The molecule has 2 aromatic heterocycles. The summed E-state index contributed by atoms with van der Waals surface area (Å²) in [5.74, 6) is 0. The van der Waals surface area contributed by atoms with Crippen molar-refractivity contribution in [2.75, 3.05) is 0 Å². The van der Waals surface area contributed by atoms with E-state index in [1.54, 1.807) is 11.3 Å². The fourth-order valence-corrected chi connectivity index (χ4v) is 2.24. The average Bonchev–Trinajstić information content (AvgIpc) is 2.43. The van der Waals surface area contributed by atoms with E-state index in [0.29, 0.717) is 6.54 Å². The van der Waals surface area contributed by atoms with E-state index in [0.717, 1.165) is 16.3 Å². The summed E-state index contributed by atoms with van der Waals surface area (Å²) in [5, 5.41) is 0. The molecule has 64 valence electrons. The molecule has 4 heteroatoms. The van der Waals surface area contributed by atoms with Gasteiger partial charge in [0.25, 0.3) is 0 Å². The van der Waals surface area contributed by atoms with Crippen molar-refractivity contribution in [1.82, 2.24) is 9.38 Å². The maximum Gasteiger partial charge on any atom is 0.194 e. The van der Waals surface area contributed by atoms with Crippen LogP contribution in [0.15, 0.2) is 6.20 Å². The molecule has 2 heterocycles. The van der Waals surface area contributed by atoms with E-state index < -0.39 is 0 Å². The molecule has 0 saturated carbocycles. The summed E-state index contributed by atoms with van der Waals surface area (Å²) in [7, 11) is 0. The Bertz CT molecular complexity index is 413. The highest BCUT2D eigenvalue weighted by Gasteiger charge is 2.08. The number of nitrogens with zero attached hydrogens (tertiary/aromatic N) is 2. The summed E-state index contributed by atoms with van der Waals surface area (Å²) >= 11 is 1.70. The molecule has 3 nitrogen and oxygen atoms in total. The van der Waals surface area contributed by atoms with E-state index in [4.69, 9.17) is 5.73 Å². The van der Waals surface area contributed by atoms with Crippen LogP contribution in [0.25, 0.3) is 4.96 Å². The highest BCUT2D eigenvalue weighted by molar-refractivity contribution is 7.17. The van der Waals surface area contributed by atoms with Gasteiger partial charge in [0.05, 0.1) is 11.4 Å². The van der Waals surface area contributed by atoms with Crippen molar-refractivity contribution >= 4 is 16.3 Å². The van der Waals surface area contributed by atoms with Crippen molar-refractivity contribution in [3.8, 4) is 0 Å². The Labute approximate surface area is 74.8 Å². The molecule has 0 amide bonds. The Morgan fingerprint density at radius 3 is 3.00 bits per heavy atom. The van der Waals surface area contributed by atoms with Gasteiger partial charge in [0.2, 0.25) is 0 Å². The molecule has 0 aromatic carbocycles. The molecule has 0 saturated heterocycles. The summed E-state index contributed by atoms with van der Waals surface area (Å²) in [6, 6.07) is 0. The van der Waals surface area contributed by atoms with Crippen molar-refractivity contribution in [2.45, 2.75) is 20.4 Å². The van der Waals surface area contributed by atoms with Gasteiger partial charge in [-0.2, -0.15) is 0 Å². The lowest BCUT2D eigenvalue weighted by atomic mass is 10.3. The van der Waals surface area contributed by atoms with E-state index in [-0.39, 0.29) is 0 Å². The molecule has 0 aliphatic heterocycles. The summed E-state index contributed by atoms with van der Waals surface area (Å²) in [4.78, 5) is 6.72. The zero-order valence-corrected chi connectivity index (χ0v) is 7.98. The quantitative estimate of drug-likeness (QED) is 0.724. The van der Waals surface area contributed by atoms with Gasteiger partial charge in [0.15, 0.2) is 4.96 Å². The predicted molar refractivity (Wildman–Crippen MR) is 50.4 cm³/mol. The van der Waals surface area contributed by atoms with Gasteiger partial charge in [-0.05, 0) is 13.8 Å². The van der Waals surface area contributed by atoms with Crippen molar-refractivity contribution in [1.29, 1.82) is 0 Å². The van der Waals surface area contributed by atoms with Crippen LogP contribution < -0.4 is 5.73 Å². The molecular formula is C8H11N3S. The molecule has 0 fully saturated rings. The van der Waals surface area contributed by atoms with Crippen molar-refractivity contribution in [2.24, 2.45) is 5.73 Å². The second-order valence-corrected chi connectivity index (χ2v) is 4.06. The van der Waals surface area contributed by atoms with Crippen LogP contribution in [0.4, 0.5) is 0 Å². The van der Waals surface area contributed by atoms with Gasteiger partial charge < -0.3 is 5.73 Å². The van der Waals surface area contributed by atoms with E-state index in [2.05, 4.69) is 22.5 Å². The summed E-state index contributed by atoms with van der Waals surface area (Å²) in [6.45, 7) is 4.63. The van der Waals surface area contributed by atoms with Gasteiger partial charge >= 0.3 is 0 Å². The molecule has 0 aliphatic rings. The van der Waals surface area contributed by atoms with Crippen LogP contribution in [0, 0.1) is 13.8 Å². The monoisotopic (exact) mass is 181 g/mol. The normalized spacial score (nSPS) is 11.2. The number of imidazole rings is 1. The molecule has 0 spiro atoms. The maximum atomic E-state index is 5.61. The number of fused-ring (bicyclic) bond motifs is 1. The van der Waals surface area contributed by atoms with Gasteiger partial charge in [-0.25, -0.2) is 4.98 Å². The fourth-order valence-electron chi connectivity index (χ4n) is 1.35. The second kappa shape index (κ2) is 2.57. The van der Waals surface area contributed by atoms with Gasteiger partial charge in [-0.3, -0.25) is 4.40 Å². The van der Waals surface area contributed by atoms with Crippen LogP contribution in [0.2, 0.25) is 0 Å². The number of aryl methyl sites for hydroxylation is 2. The SMILES string of the molecule is Cc1cn2c(CN)c(C)nc2s1. The minimum absolute atomic E-state index is 0.559. The van der Waals surface area contributed by atoms with Gasteiger partial charge in [-0.15, -0.1) is 11.3 Å². The molecule has 2 rings (SSSR count). The molecule has 0 unspecified atom stereocenters. The first-order valence-corrected chi connectivity index (χ1v) is 4.68. The van der Waals surface area contributed by atoms with Crippen LogP contribution in [-0.2, 0) is 6.54 Å². The summed E-state index contributed by atoms with van der Waals surface area (Å²) in [6.07, 6.45) is 2.09. The van der Waals surface area contributed by atoms with Crippen LogP contribution in [0.3, 0.4) is 0 Å². The minimum atomic E-state index is 0.559. The highest BCUT2D eigenvalue weighted by atomic mass is 32.1. The van der Waals surface area contributed by atoms with Crippen molar-refractivity contribution < 1.29 is 0 Å². The van der Waals surface area contributed by atoms with Crippen LogP contribution in [-0.4, -0.2) is 9.38 Å². The molecule has 0 aliphatic carbocycles. The lowest BCUT2D eigenvalue weighted by Crippen LogP contribution is -2.01. The molecule has 2 aromatic rings. The number of hydrogen-bond acceptors (Lipinski definition) is 3. The van der Waals surface area contributed by atoms with Gasteiger partial charge in [-0.1, -0.05) is 0 Å². The zero-order chi connectivity index (χ0) is 8.72. The van der Waals surface area contributed by atoms with Gasteiger partial charge in [0, 0.05) is 17.6 Å². The molecule has 12 heavy (non-hydrogen) atoms. The lowest BCUT2D eigenvalue weighted by molar-refractivity contribution is 0.947. The largest absolute Gasteiger partial charge is 0.325 e. The number of rotatable bonds is 1. The first-order chi connectivity index (χ1) is 5.72. The topological polar surface area (TPSA) is 43.3 Å². The van der Waals surface area contributed by atoms with Crippen LogP contribution in [0.5, 0.6) is 0 Å². The Hall–Kier alpha value is -0.870. The summed E-state index contributed by atoms with van der Waals surface area (Å²) < 4.78 is 2.08. The third-order valence-electron chi connectivity index (χ3n) is 1.93. The number of aromatic nitrogens is 2. The Balaban J connectivity index is 2.78. The number of hydrogen-bond donors (Lipinski definition) is 1. The van der Waals surface area contributed by atoms with E-state index in [1.165, 1.54) is 4.88 Å².